The predicted octanol–water partition coefficient (Wildman–Crippen LogP) is 21.3. The van der Waals surface area contributed by atoms with Gasteiger partial charge in [0, 0.05) is 73.7 Å². The van der Waals surface area contributed by atoms with Gasteiger partial charge in [0.25, 0.3) is 15.9 Å². The number of carboxylic acids is 4. The standard InChI is InChI=1S/C31H31F2NO7.C28H25NO8S.C27H29NO6S.C25H22O6S.CH4/c1-15(2)11-19-6-8-22-25(17-5-10-23-24(14-17)41-31(32,33)40-23)27(30(37)38)26(28(22)34-19)21-9-7-20(39-4)13-18(21)12-16(3)29(35)36;1-16-4-9-26(25(10-16)35-3)38(33,34)14-22(30)27(17-6-8-23-24(12-17)37-15-36-23)20-13-29(2)21-11-18(28(31)32)5-7-19(20)21;1-4-7-20-8-5-6-9-23(20)34-26(21-12-15-24-25(16-21)33-17-32-24)27(29)28-35(30,31)22-13-10-19(11-14-22)18(2)3;1-13(2)30-16-6-8-18-17(11-16)22(21-9-4-14(3)32-21)23(25(26)27)24(31-18)15-5-7-19-20(10-15)29-12-28-19;/h5-10,13-16,25-27H,11-12H2,1-4H3,(H,35,36)(H,37,38);4-13,27H,14-15H2,1-3H3,(H,31,32);5-6,8-16,18,26H,4,7,17H2,1-3H3,(H,28,29);4-11,13,24H,12H2,1-3H3,(H,26,27);1H4/t16?,25-,26-,27?;27-;;;/m00.../s1. The number of para-hydroxylation sites is 1. The van der Waals surface area contributed by atoms with E-state index in [1.165, 1.54) is 56.7 Å². The third kappa shape index (κ3) is 23.2. The molecule has 0 bridgehead atoms. The second kappa shape index (κ2) is 44.2. The quantitative estimate of drug-likeness (QED) is 0.0269. The normalized spacial score (nSPS) is 16.2. The first-order valence-corrected chi connectivity index (χ1v) is 51.0. The zero-order chi connectivity index (χ0) is 104. The molecule has 3 aromatic heterocycles. The van der Waals surface area contributed by atoms with Crippen molar-refractivity contribution in [1.82, 2.24) is 14.3 Å². The Morgan fingerprint density at radius 1 is 0.578 bits per heavy atom. The van der Waals surface area contributed by atoms with Crippen LogP contribution in [0.2, 0.25) is 0 Å². The number of aliphatic carboxylic acids is 3. The van der Waals surface area contributed by atoms with Crippen LogP contribution in [-0.4, -0.2) is 135 Å². The topological polar surface area (TPSA) is 401 Å². The molecule has 0 saturated carbocycles. The van der Waals surface area contributed by atoms with Crippen molar-refractivity contribution in [2.24, 2.45) is 24.8 Å². The number of rotatable bonds is 31. The van der Waals surface area contributed by atoms with Gasteiger partial charge in [-0.2, -0.15) is 0 Å². The summed E-state index contributed by atoms with van der Waals surface area (Å²) in [6, 6.07) is 61.5. The SMILES string of the molecule is C.CCCc1ccccc1OC(C(=O)NS(=O)(=O)c1ccc(C(C)C)cc1)c1ccc2c(c1)OCO2.COc1cc(C)ccc1S(=O)(=O)CC(=O)[C@@H](c1ccc2c(c1)OCO2)c1cn(C)c2cc(C(=O)O)ccc12.COc1ccc([C@@H]2c3nc(CC(C)C)ccc3[C@H](c3ccc4c(c3)OC(F)(F)O4)C2C(=O)O)c(CC(C)C(=O)O)c1.Cc1ccc(C2=C(C(=O)O)C(c3ccc4c(c3)OCO4)Oc3ccc(OC(C)C)cc32)s1. The number of alkyl halides is 2. The molecule has 768 valence electrons. The third-order valence-electron chi connectivity index (χ3n) is 25.4. The number of pyridine rings is 1. The average molecular weight is 2070 g/mol. The number of Topliss-reactive ketones (excluding diaryl/α,β-unsaturated/α-hetero) is 1. The number of methoxy groups -OCH3 is 2. The van der Waals surface area contributed by atoms with E-state index in [2.05, 4.69) is 35.0 Å². The highest BCUT2D eigenvalue weighted by molar-refractivity contribution is 7.92. The minimum Gasteiger partial charge on any atom is -0.497 e. The van der Waals surface area contributed by atoms with Gasteiger partial charge in [-0.3, -0.25) is 24.2 Å². The molecular formula is C112H111F2N3O27S3. The number of carboxylic acid groups (broad SMARTS) is 4. The predicted molar refractivity (Wildman–Crippen MR) is 543 cm³/mol. The van der Waals surface area contributed by atoms with E-state index < -0.39 is 109 Å². The maximum Gasteiger partial charge on any atom is 0.586 e. The van der Waals surface area contributed by atoms with E-state index in [9.17, 15) is 74.8 Å². The molecule has 13 aromatic rings. The van der Waals surface area contributed by atoms with Crippen molar-refractivity contribution in [2.45, 2.75) is 160 Å². The zero-order valence-corrected chi connectivity index (χ0v) is 84.3. The number of fused-ring (bicyclic) bond motifs is 7. The number of benzene rings is 10. The molecule has 1 aliphatic carbocycles. The summed E-state index contributed by atoms with van der Waals surface area (Å²) in [6.07, 6.45) is -1.65. The molecule has 19 rings (SSSR count). The Morgan fingerprint density at radius 3 is 1.83 bits per heavy atom. The van der Waals surface area contributed by atoms with E-state index in [0.29, 0.717) is 142 Å². The minimum atomic E-state index is -4.11. The maximum atomic E-state index is 13.9. The molecule has 35 heteroatoms. The summed E-state index contributed by atoms with van der Waals surface area (Å²) in [5.41, 5.74) is 11.0. The summed E-state index contributed by atoms with van der Waals surface area (Å²) in [4.78, 5) is 83.2. The first kappa shape index (κ1) is 106. The van der Waals surface area contributed by atoms with Crippen molar-refractivity contribution in [1.29, 1.82) is 0 Å². The highest BCUT2D eigenvalue weighted by Gasteiger charge is 2.51. The van der Waals surface area contributed by atoms with Gasteiger partial charge in [-0.1, -0.05) is 134 Å². The number of nitrogens with zero attached hydrogens (tertiary/aromatic N) is 2. The molecule has 5 N–H and O–H groups in total. The van der Waals surface area contributed by atoms with Crippen molar-refractivity contribution in [3.63, 3.8) is 0 Å². The van der Waals surface area contributed by atoms with E-state index in [-0.39, 0.29) is 84.4 Å². The minimum absolute atomic E-state index is 0. The van der Waals surface area contributed by atoms with Gasteiger partial charge in [0.1, 0.15) is 39.4 Å². The number of aromatic carboxylic acids is 1. The fourth-order valence-corrected chi connectivity index (χ4v) is 21.9. The number of carbonyl (C=O) groups excluding carboxylic acids is 2. The molecule has 6 aliphatic rings. The number of nitrogens with one attached hydrogen (secondary N) is 1. The van der Waals surface area contributed by atoms with Crippen LogP contribution >= 0.6 is 11.3 Å². The number of hydrogen-bond donors (Lipinski definition) is 5. The lowest BCUT2D eigenvalue weighted by Gasteiger charge is -2.30. The Kier molecular flexibility index (Phi) is 31.8. The molecule has 1 amide bonds. The average Bonchev–Trinajstić information content (AvgIpc) is 1.57. The van der Waals surface area contributed by atoms with Gasteiger partial charge in [-0.15, -0.1) is 20.1 Å². The number of aryl methyl sites for hydroxylation is 4. The number of aromatic nitrogens is 2. The number of ether oxygens (including phenoxy) is 13. The number of halogens is 2. The number of carbonyl (C=O) groups is 6. The lowest BCUT2D eigenvalue weighted by atomic mass is 9.78. The number of hydrogen-bond acceptors (Lipinski definition) is 25. The molecule has 0 fully saturated rings. The Balaban J connectivity index is 0.000000147. The van der Waals surface area contributed by atoms with Crippen molar-refractivity contribution < 1.29 is 136 Å². The Hall–Kier alpha value is -15.5. The number of ketones is 1. The molecule has 0 radical (unpaired) electrons. The van der Waals surface area contributed by atoms with Crippen LogP contribution in [0.4, 0.5) is 8.78 Å². The number of sulfone groups is 1. The molecule has 8 heterocycles. The van der Waals surface area contributed by atoms with Gasteiger partial charge in [-0.25, -0.2) is 31.1 Å². The number of sulfonamides is 1. The lowest BCUT2D eigenvalue weighted by Crippen LogP contribution is -2.37. The van der Waals surface area contributed by atoms with E-state index >= 15 is 0 Å². The highest BCUT2D eigenvalue weighted by Crippen LogP contribution is 2.56. The second-order valence-electron chi connectivity index (χ2n) is 36.8. The van der Waals surface area contributed by atoms with Crippen LogP contribution in [0.1, 0.15) is 203 Å². The fourth-order valence-electron chi connectivity index (χ4n) is 18.5. The van der Waals surface area contributed by atoms with E-state index in [1.54, 1.807) is 145 Å². The number of thiophene rings is 1. The number of amides is 1. The van der Waals surface area contributed by atoms with Crippen LogP contribution in [0, 0.1) is 31.6 Å². The largest absolute Gasteiger partial charge is 0.586 e. The first-order chi connectivity index (χ1) is 69.6. The molecule has 4 unspecified atom stereocenters. The Morgan fingerprint density at radius 2 is 1.20 bits per heavy atom. The van der Waals surface area contributed by atoms with E-state index in [4.69, 9.17) is 57.1 Å². The van der Waals surface area contributed by atoms with E-state index in [0.717, 1.165) is 45.0 Å². The van der Waals surface area contributed by atoms with Crippen molar-refractivity contribution in [3.8, 4) is 74.7 Å². The Bertz CT molecular complexity index is 7500. The third-order valence-corrected chi connectivity index (χ3v) is 29.4. The molecule has 0 spiro atoms. The van der Waals surface area contributed by atoms with Crippen LogP contribution in [0.25, 0.3) is 16.5 Å². The summed E-state index contributed by atoms with van der Waals surface area (Å²) in [7, 11) is -3.56. The van der Waals surface area contributed by atoms with Crippen LogP contribution < -0.4 is 66.3 Å². The van der Waals surface area contributed by atoms with Crippen molar-refractivity contribution in [3.05, 3.63) is 324 Å². The summed E-state index contributed by atoms with van der Waals surface area (Å²) < 4.78 is 155. The molecule has 0 saturated heterocycles. The molecule has 7 atom stereocenters. The molecule has 5 aliphatic heterocycles. The van der Waals surface area contributed by atoms with Gasteiger partial charge < -0.3 is 86.6 Å². The van der Waals surface area contributed by atoms with Crippen molar-refractivity contribution in [2.75, 3.05) is 40.4 Å². The highest BCUT2D eigenvalue weighted by atomic mass is 32.2. The summed E-state index contributed by atoms with van der Waals surface area (Å²) in [5, 5.41) is 40.7. The Labute approximate surface area is 852 Å². The van der Waals surface area contributed by atoms with Gasteiger partial charge in [-0.05, 0) is 248 Å². The van der Waals surface area contributed by atoms with Crippen LogP contribution in [0.15, 0.2) is 240 Å². The first-order valence-electron chi connectivity index (χ1n) is 47.0. The van der Waals surface area contributed by atoms with Gasteiger partial charge >= 0.3 is 30.2 Å². The van der Waals surface area contributed by atoms with Gasteiger partial charge in [0.15, 0.2) is 67.7 Å². The fraction of sp³-hybridized carbons (Fsp3) is 0.295. The summed E-state index contributed by atoms with van der Waals surface area (Å²) in [6.45, 7) is 19.8. The summed E-state index contributed by atoms with van der Waals surface area (Å²) >= 11 is 1.55. The van der Waals surface area contributed by atoms with Crippen molar-refractivity contribution >= 4 is 83.2 Å². The van der Waals surface area contributed by atoms with Gasteiger partial charge in [0.2, 0.25) is 26.5 Å². The molecule has 10 aromatic carbocycles. The molecular weight excluding hydrogens is 1950 g/mol. The second-order valence-corrected chi connectivity index (χ2v) is 41.8. The maximum absolute atomic E-state index is 13.9. The molecule has 147 heavy (non-hydrogen) atoms. The van der Waals surface area contributed by atoms with Crippen LogP contribution in [-0.2, 0) is 70.1 Å². The van der Waals surface area contributed by atoms with Gasteiger partial charge in [0.05, 0.1) is 59.8 Å². The molecule has 30 nitrogen and oxygen atoms in total. The van der Waals surface area contributed by atoms with E-state index in [1.807, 2.05) is 108 Å². The monoisotopic (exact) mass is 2060 g/mol. The van der Waals surface area contributed by atoms with Crippen LogP contribution in [0.3, 0.4) is 0 Å². The van der Waals surface area contributed by atoms with Crippen LogP contribution in [0.5, 0.6) is 74.7 Å². The lowest BCUT2D eigenvalue weighted by molar-refractivity contribution is -0.286. The summed E-state index contributed by atoms with van der Waals surface area (Å²) in [5.74, 6) is -4.63. The zero-order valence-electron chi connectivity index (χ0n) is 81.8. The smallest absolute Gasteiger partial charge is 0.497 e.